The van der Waals surface area contributed by atoms with Gasteiger partial charge in [-0.15, -0.1) is 0 Å². The maximum atomic E-state index is 12.3. The molecular formula is C18H24BrN3O2. The SMILES string of the molecule is Cc1cc(NC(=O)CNC(=O)C2CC3CCCCC3N2)ccc1Br. The number of carbonyl (C=O) groups excluding carboxylic acids is 2. The van der Waals surface area contributed by atoms with Gasteiger partial charge in [-0.2, -0.15) is 0 Å². The van der Waals surface area contributed by atoms with Crippen molar-refractivity contribution in [2.24, 2.45) is 5.92 Å². The lowest BCUT2D eigenvalue weighted by Gasteiger charge is -2.24. The molecule has 130 valence electrons. The van der Waals surface area contributed by atoms with Gasteiger partial charge in [0.15, 0.2) is 0 Å². The maximum absolute atomic E-state index is 12.3. The van der Waals surface area contributed by atoms with Crippen molar-refractivity contribution in [2.75, 3.05) is 11.9 Å². The molecule has 1 aliphatic carbocycles. The van der Waals surface area contributed by atoms with Crippen molar-refractivity contribution < 1.29 is 9.59 Å². The highest BCUT2D eigenvalue weighted by Gasteiger charge is 2.38. The monoisotopic (exact) mass is 393 g/mol. The molecule has 5 nitrogen and oxygen atoms in total. The van der Waals surface area contributed by atoms with E-state index in [4.69, 9.17) is 0 Å². The van der Waals surface area contributed by atoms with Gasteiger partial charge in [0.1, 0.15) is 0 Å². The molecule has 1 aromatic rings. The number of hydrogen-bond donors (Lipinski definition) is 3. The Bertz CT molecular complexity index is 621. The van der Waals surface area contributed by atoms with Crippen molar-refractivity contribution in [3.8, 4) is 0 Å². The van der Waals surface area contributed by atoms with Gasteiger partial charge in [-0.3, -0.25) is 9.59 Å². The van der Waals surface area contributed by atoms with Crippen molar-refractivity contribution in [3.05, 3.63) is 28.2 Å². The summed E-state index contributed by atoms with van der Waals surface area (Å²) in [7, 11) is 0. The van der Waals surface area contributed by atoms with Crippen LogP contribution < -0.4 is 16.0 Å². The first-order valence-electron chi connectivity index (χ1n) is 8.62. The second-order valence-corrected chi connectivity index (χ2v) is 7.69. The number of fused-ring (bicyclic) bond motifs is 1. The van der Waals surface area contributed by atoms with E-state index in [1.54, 1.807) is 0 Å². The van der Waals surface area contributed by atoms with Crippen LogP contribution in [0, 0.1) is 12.8 Å². The summed E-state index contributed by atoms with van der Waals surface area (Å²) in [6.07, 6.45) is 5.79. The topological polar surface area (TPSA) is 70.2 Å². The number of nitrogens with one attached hydrogen (secondary N) is 3. The van der Waals surface area contributed by atoms with Crippen LogP contribution in [0.1, 0.15) is 37.7 Å². The first-order chi connectivity index (χ1) is 11.5. The summed E-state index contributed by atoms with van der Waals surface area (Å²) >= 11 is 3.43. The molecule has 0 bridgehead atoms. The number of aryl methyl sites for hydroxylation is 1. The summed E-state index contributed by atoms with van der Waals surface area (Å²) in [6, 6.07) is 5.95. The third kappa shape index (κ3) is 4.16. The van der Waals surface area contributed by atoms with Crippen molar-refractivity contribution in [2.45, 2.75) is 51.1 Å². The molecule has 3 unspecified atom stereocenters. The number of rotatable bonds is 4. The molecule has 3 atom stereocenters. The Hall–Kier alpha value is -1.40. The van der Waals surface area contributed by atoms with E-state index in [1.807, 2.05) is 25.1 Å². The predicted octanol–water partition coefficient (Wildman–Crippen LogP) is 2.73. The molecule has 1 aromatic carbocycles. The molecule has 24 heavy (non-hydrogen) atoms. The maximum Gasteiger partial charge on any atom is 0.243 e. The van der Waals surface area contributed by atoms with E-state index < -0.39 is 0 Å². The molecule has 2 aliphatic rings. The van der Waals surface area contributed by atoms with Crippen LogP contribution in [-0.4, -0.2) is 30.4 Å². The van der Waals surface area contributed by atoms with E-state index in [-0.39, 0.29) is 24.4 Å². The smallest absolute Gasteiger partial charge is 0.243 e. The molecule has 2 amide bonds. The number of carbonyl (C=O) groups is 2. The largest absolute Gasteiger partial charge is 0.346 e. The molecule has 1 heterocycles. The number of hydrogen-bond acceptors (Lipinski definition) is 3. The van der Waals surface area contributed by atoms with Gasteiger partial charge in [-0.05, 0) is 55.9 Å². The van der Waals surface area contributed by atoms with E-state index in [1.165, 1.54) is 19.3 Å². The van der Waals surface area contributed by atoms with Gasteiger partial charge in [-0.25, -0.2) is 0 Å². The molecule has 0 aromatic heterocycles. The second-order valence-electron chi connectivity index (χ2n) is 6.84. The summed E-state index contributed by atoms with van der Waals surface area (Å²) in [5.74, 6) is 0.348. The van der Waals surface area contributed by atoms with Crippen molar-refractivity contribution >= 4 is 33.4 Å². The van der Waals surface area contributed by atoms with Crippen LogP contribution in [0.25, 0.3) is 0 Å². The third-order valence-corrected chi connectivity index (χ3v) is 5.93. The third-order valence-electron chi connectivity index (χ3n) is 5.04. The number of anilines is 1. The molecule has 3 rings (SSSR count). The van der Waals surface area contributed by atoms with Gasteiger partial charge in [0, 0.05) is 16.2 Å². The molecule has 3 N–H and O–H groups in total. The summed E-state index contributed by atoms with van der Waals surface area (Å²) in [5.41, 5.74) is 1.79. The fourth-order valence-electron chi connectivity index (χ4n) is 3.74. The molecule has 0 radical (unpaired) electrons. The average molecular weight is 394 g/mol. The molecule has 1 aliphatic heterocycles. The molecule has 0 spiro atoms. The predicted molar refractivity (Wildman–Crippen MR) is 97.8 cm³/mol. The highest BCUT2D eigenvalue weighted by atomic mass is 79.9. The van der Waals surface area contributed by atoms with Crippen LogP contribution in [0.2, 0.25) is 0 Å². The van der Waals surface area contributed by atoms with Crippen molar-refractivity contribution in [3.63, 3.8) is 0 Å². The molecular weight excluding hydrogens is 370 g/mol. The van der Waals surface area contributed by atoms with Crippen LogP contribution >= 0.6 is 15.9 Å². The Morgan fingerprint density at radius 2 is 2.08 bits per heavy atom. The summed E-state index contributed by atoms with van der Waals surface area (Å²) in [4.78, 5) is 24.3. The Morgan fingerprint density at radius 3 is 2.83 bits per heavy atom. The van der Waals surface area contributed by atoms with Crippen LogP contribution in [0.3, 0.4) is 0 Å². The Kier molecular flexibility index (Phi) is 5.56. The average Bonchev–Trinajstić information content (AvgIpc) is 3.00. The van der Waals surface area contributed by atoms with E-state index in [0.717, 1.165) is 28.6 Å². The lowest BCUT2D eigenvalue weighted by molar-refractivity contribution is -0.125. The van der Waals surface area contributed by atoms with E-state index in [2.05, 4.69) is 31.9 Å². The Morgan fingerprint density at radius 1 is 1.29 bits per heavy atom. The quantitative estimate of drug-likeness (QED) is 0.736. The Labute approximate surface area is 151 Å². The van der Waals surface area contributed by atoms with Crippen LogP contribution in [0.4, 0.5) is 5.69 Å². The molecule has 1 saturated heterocycles. The van der Waals surface area contributed by atoms with E-state index in [0.29, 0.717) is 12.0 Å². The van der Waals surface area contributed by atoms with Gasteiger partial charge in [0.2, 0.25) is 11.8 Å². The van der Waals surface area contributed by atoms with E-state index in [9.17, 15) is 9.59 Å². The zero-order valence-corrected chi connectivity index (χ0v) is 15.5. The minimum absolute atomic E-state index is 0.00145. The van der Waals surface area contributed by atoms with Crippen molar-refractivity contribution in [1.82, 2.24) is 10.6 Å². The summed E-state index contributed by atoms with van der Waals surface area (Å²) in [6.45, 7) is 1.97. The second kappa shape index (κ2) is 7.66. The van der Waals surface area contributed by atoms with Gasteiger partial charge in [-0.1, -0.05) is 28.8 Å². The fraction of sp³-hybridized carbons (Fsp3) is 0.556. The number of amides is 2. The normalized spacial score (nSPS) is 25.8. The number of benzene rings is 1. The molecule has 1 saturated carbocycles. The van der Waals surface area contributed by atoms with Crippen LogP contribution in [0.15, 0.2) is 22.7 Å². The minimum Gasteiger partial charge on any atom is -0.346 e. The van der Waals surface area contributed by atoms with Gasteiger partial charge in [0.25, 0.3) is 0 Å². The van der Waals surface area contributed by atoms with E-state index >= 15 is 0 Å². The molecule has 6 heteroatoms. The first-order valence-corrected chi connectivity index (χ1v) is 9.42. The van der Waals surface area contributed by atoms with Crippen molar-refractivity contribution in [1.29, 1.82) is 0 Å². The standard InChI is InChI=1S/C18H24BrN3O2/c1-11-8-13(6-7-14(11)19)21-17(23)10-20-18(24)16-9-12-4-2-3-5-15(12)22-16/h6-8,12,15-16,22H,2-5,9-10H2,1H3,(H,20,24)(H,21,23). The van der Waals surface area contributed by atoms with Gasteiger partial charge >= 0.3 is 0 Å². The zero-order valence-electron chi connectivity index (χ0n) is 13.9. The van der Waals surface area contributed by atoms with Crippen LogP contribution in [0.5, 0.6) is 0 Å². The summed E-state index contributed by atoms with van der Waals surface area (Å²) < 4.78 is 1.00. The highest BCUT2D eigenvalue weighted by Crippen LogP contribution is 2.33. The highest BCUT2D eigenvalue weighted by molar-refractivity contribution is 9.10. The van der Waals surface area contributed by atoms with Gasteiger partial charge in [0.05, 0.1) is 12.6 Å². The first kappa shape index (κ1) is 17.4. The lowest BCUT2D eigenvalue weighted by atomic mass is 9.85. The summed E-state index contributed by atoms with van der Waals surface area (Å²) in [5, 5.41) is 9.00. The minimum atomic E-state index is -0.208. The van der Waals surface area contributed by atoms with Gasteiger partial charge < -0.3 is 16.0 Å². The number of halogens is 1. The zero-order chi connectivity index (χ0) is 17.1. The fourth-order valence-corrected chi connectivity index (χ4v) is 3.99. The van der Waals surface area contributed by atoms with Crippen LogP contribution in [-0.2, 0) is 9.59 Å². The lowest BCUT2D eigenvalue weighted by Crippen LogP contribution is -2.45. The molecule has 2 fully saturated rings. The Balaban J connectivity index is 1.45.